The molecule has 0 spiro atoms. The Morgan fingerprint density at radius 1 is 1.28 bits per heavy atom. The Hall–Kier alpha value is -2.10. The third kappa shape index (κ3) is 2.42. The Balaban J connectivity index is 2.25. The Morgan fingerprint density at radius 3 is 2.44 bits per heavy atom. The number of benzene rings is 1. The zero-order valence-electron chi connectivity index (χ0n) is 10.6. The van der Waals surface area contributed by atoms with E-state index >= 15 is 0 Å². The van der Waals surface area contributed by atoms with Crippen molar-refractivity contribution in [1.29, 1.82) is 0 Å². The molecule has 0 aliphatic heterocycles. The molecule has 0 unspecified atom stereocenters. The fraction of sp³-hybridized carbons (Fsp3) is 0.286. The van der Waals surface area contributed by atoms with E-state index in [2.05, 4.69) is 9.72 Å². The van der Waals surface area contributed by atoms with Crippen LogP contribution in [0.3, 0.4) is 0 Å². The van der Waals surface area contributed by atoms with E-state index in [9.17, 15) is 4.79 Å². The zero-order valence-corrected chi connectivity index (χ0v) is 10.6. The highest BCUT2D eigenvalue weighted by Gasteiger charge is 2.10. The predicted octanol–water partition coefficient (Wildman–Crippen LogP) is 3.25. The Labute approximate surface area is 106 Å². The largest absolute Gasteiger partial charge is 0.465 e. The molecular weight excluding hydrogens is 230 g/mol. The maximum atomic E-state index is 11.3. The van der Waals surface area contributed by atoms with Crippen LogP contribution in [0.5, 0.6) is 0 Å². The minimum absolute atomic E-state index is 0.306. The maximum absolute atomic E-state index is 11.3. The number of rotatable bonds is 3. The summed E-state index contributed by atoms with van der Waals surface area (Å²) in [7, 11) is 1.36. The first-order valence-electron chi connectivity index (χ1n) is 5.76. The molecule has 0 fully saturated rings. The van der Waals surface area contributed by atoms with Gasteiger partial charge in [-0.25, -0.2) is 9.78 Å². The molecule has 94 valence electrons. The van der Waals surface area contributed by atoms with Gasteiger partial charge >= 0.3 is 5.97 Å². The van der Waals surface area contributed by atoms with Gasteiger partial charge in [0.25, 0.3) is 0 Å². The van der Waals surface area contributed by atoms with Crippen LogP contribution in [0.1, 0.15) is 35.9 Å². The molecule has 2 rings (SSSR count). The van der Waals surface area contributed by atoms with Crippen molar-refractivity contribution in [2.45, 2.75) is 19.8 Å². The van der Waals surface area contributed by atoms with E-state index in [-0.39, 0.29) is 5.97 Å². The number of methoxy groups -OCH3 is 1. The second-order valence-electron chi connectivity index (χ2n) is 4.29. The molecule has 1 heterocycles. The van der Waals surface area contributed by atoms with Crippen molar-refractivity contribution in [3.8, 4) is 11.5 Å². The monoisotopic (exact) mass is 245 g/mol. The second kappa shape index (κ2) is 5.04. The lowest BCUT2D eigenvalue weighted by Gasteiger charge is -2.00. The van der Waals surface area contributed by atoms with Gasteiger partial charge in [-0.1, -0.05) is 13.8 Å². The van der Waals surface area contributed by atoms with E-state index in [0.29, 0.717) is 17.4 Å². The Bertz CT molecular complexity index is 540. The van der Waals surface area contributed by atoms with Gasteiger partial charge in [-0.2, -0.15) is 0 Å². The zero-order chi connectivity index (χ0) is 13.1. The summed E-state index contributed by atoms with van der Waals surface area (Å²) in [6.07, 6.45) is 1.73. The number of ether oxygens (including phenoxy) is 1. The standard InChI is InChI=1S/C14H15NO3/c1-9(2)12-8-15-13(18-12)10-4-6-11(7-5-10)14(16)17-3/h4-9H,1-3H3. The summed E-state index contributed by atoms with van der Waals surface area (Å²) in [5.74, 6) is 1.37. The average Bonchev–Trinajstić information content (AvgIpc) is 2.88. The molecule has 4 heteroatoms. The van der Waals surface area contributed by atoms with Crippen LogP contribution in [0.2, 0.25) is 0 Å². The quantitative estimate of drug-likeness (QED) is 0.779. The fourth-order valence-electron chi connectivity index (χ4n) is 1.55. The van der Waals surface area contributed by atoms with Crippen molar-refractivity contribution >= 4 is 5.97 Å². The first-order chi connectivity index (χ1) is 8.61. The molecule has 1 aromatic heterocycles. The first-order valence-corrected chi connectivity index (χ1v) is 5.76. The normalized spacial score (nSPS) is 10.7. The summed E-state index contributed by atoms with van der Waals surface area (Å²) in [5, 5.41) is 0. The molecule has 1 aromatic carbocycles. The van der Waals surface area contributed by atoms with Gasteiger partial charge in [0, 0.05) is 11.5 Å². The molecule has 2 aromatic rings. The predicted molar refractivity (Wildman–Crippen MR) is 67.4 cm³/mol. The van der Waals surface area contributed by atoms with Crippen LogP contribution >= 0.6 is 0 Å². The highest BCUT2D eigenvalue weighted by atomic mass is 16.5. The second-order valence-corrected chi connectivity index (χ2v) is 4.29. The molecule has 0 N–H and O–H groups in total. The summed E-state index contributed by atoms with van der Waals surface area (Å²) in [5.41, 5.74) is 1.35. The van der Waals surface area contributed by atoms with Crippen molar-refractivity contribution in [2.24, 2.45) is 0 Å². The molecule has 0 saturated heterocycles. The molecule has 0 amide bonds. The minimum Gasteiger partial charge on any atom is -0.465 e. The van der Waals surface area contributed by atoms with Crippen molar-refractivity contribution < 1.29 is 13.9 Å². The number of esters is 1. The fourth-order valence-corrected chi connectivity index (χ4v) is 1.55. The van der Waals surface area contributed by atoms with Gasteiger partial charge in [0.1, 0.15) is 5.76 Å². The topological polar surface area (TPSA) is 52.3 Å². The SMILES string of the molecule is COC(=O)c1ccc(-c2ncc(C(C)C)o2)cc1. The van der Waals surface area contributed by atoms with Crippen LogP contribution in [0.4, 0.5) is 0 Å². The lowest BCUT2D eigenvalue weighted by Crippen LogP contribution is -2.00. The summed E-state index contributed by atoms with van der Waals surface area (Å²) < 4.78 is 10.3. The molecule has 0 saturated carbocycles. The lowest BCUT2D eigenvalue weighted by atomic mass is 10.1. The lowest BCUT2D eigenvalue weighted by molar-refractivity contribution is 0.0601. The minimum atomic E-state index is -0.350. The molecule has 0 atom stereocenters. The number of nitrogens with zero attached hydrogens (tertiary/aromatic N) is 1. The molecule has 0 aliphatic rings. The van der Waals surface area contributed by atoms with E-state index in [1.54, 1.807) is 30.5 Å². The van der Waals surface area contributed by atoms with Gasteiger partial charge in [-0.05, 0) is 24.3 Å². The third-order valence-corrected chi connectivity index (χ3v) is 2.65. The van der Waals surface area contributed by atoms with Crippen LogP contribution in [-0.4, -0.2) is 18.1 Å². The van der Waals surface area contributed by atoms with Crippen LogP contribution in [0.15, 0.2) is 34.9 Å². The third-order valence-electron chi connectivity index (χ3n) is 2.65. The summed E-state index contributed by atoms with van der Waals surface area (Å²) in [6.45, 7) is 4.09. The first kappa shape index (κ1) is 12.4. The highest BCUT2D eigenvalue weighted by molar-refractivity contribution is 5.89. The van der Waals surface area contributed by atoms with Gasteiger partial charge in [0.2, 0.25) is 5.89 Å². The van der Waals surface area contributed by atoms with E-state index in [1.165, 1.54) is 7.11 Å². The van der Waals surface area contributed by atoms with Gasteiger partial charge in [-0.3, -0.25) is 0 Å². The van der Waals surface area contributed by atoms with E-state index < -0.39 is 0 Å². The van der Waals surface area contributed by atoms with E-state index in [4.69, 9.17) is 4.42 Å². The van der Waals surface area contributed by atoms with Crippen molar-refractivity contribution in [3.63, 3.8) is 0 Å². The van der Waals surface area contributed by atoms with Crippen molar-refractivity contribution in [2.75, 3.05) is 7.11 Å². The van der Waals surface area contributed by atoms with E-state index in [1.807, 2.05) is 13.8 Å². The van der Waals surface area contributed by atoms with Crippen molar-refractivity contribution in [3.05, 3.63) is 41.8 Å². The highest BCUT2D eigenvalue weighted by Crippen LogP contribution is 2.23. The van der Waals surface area contributed by atoms with Crippen LogP contribution in [0, 0.1) is 0 Å². The number of oxazole rings is 1. The molecular formula is C14H15NO3. The summed E-state index contributed by atoms with van der Waals surface area (Å²) >= 11 is 0. The summed E-state index contributed by atoms with van der Waals surface area (Å²) in [6, 6.07) is 6.98. The average molecular weight is 245 g/mol. The smallest absolute Gasteiger partial charge is 0.337 e. The van der Waals surface area contributed by atoms with Crippen LogP contribution in [0.25, 0.3) is 11.5 Å². The summed E-state index contributed by atoms with van der Waals surface area (Å²) in [4.78, 5) is 15.5. The number of hydrogen-bond acceptors (Lipinski definition) is 4. The number of carbonyl (C=O) groups excluding carboxylic acids is 1. The molecule has 18 heavy (non-hydrogen) atoms. The number of hydrogen-bond donors (Lipinski definition) is 0. The van der Waals surface area contributed by atoms with E-state index in [0.717, 1.165) is 11.3 Å². The molecule has 0 radical (unpaired) electrons. The van der Waals surface area contributed by atoms with Crippen LogP contribution < -0.4 is 0 Å². The molecule has 0 bridgehead atoms. The maximum Gasteiger partial charge on any atom is 0.337 e. The number of aromatic nitrogens is 1. The number of carbonyl (C=O) groups is 1. The van der Waals surface area contributed by atoms with Crippen LogP contribution in [-0.2, 0) is 4.74 Å². The van der Waals surface area contributed by atoms with Gasteiger partial charge < -0.3 is 9.15 Å². The molecule has 0 aliphatic carbocycles. The Kier molecular flexibility index (Phi) is 3.46. The Morgan fingerprint density at radius 2 is 1.94 bits per heavy atom. The van der Waals surface area contributed by atoms with Gasteiger partial charge in [0.15, 0.2) is 0 Å². The van der Waals surface area contributed by atoms with Gasteiger partial charge in [0.05, 0.1) is 18.9 Å². The molecule has 4 nitrogen and oxygen atoms in total. The van der Waals surface area contributed by atoms with Gasteiger partial charge in [-0.15, -0.1) is 0 Å². The van der Waals surface area contributed by atoms with Crippen molar-refractivity contribution in [1.82, 2.24) is 4.98 Å².